The molecular formula is C19H25N5O2. The van der Waals surface area contributed by atoms with E-state index in [1.165, 1.54) is 5.56 Å². The lowest BCUT2D eigenvalue weighted by molar-refractivity contribution is -0.126. The Hall–Kier alpha value is -2.25. The Labute approximate surface area is 153 Å². The van der Waals surface area contributed by atoms with Gasteiger partial charge in [0.1, 0.15) is 6.04 Å². The molecule has 1 amide bonds. The van der Waals surface area contributed by atoms with E-state index in [9.17, 15) is 4.79 Å². The fourth-order valence-electron chi connectivity index (χ4n) is 3.84. The van der Waals surface area contributed by atoms with E-state index in [2.05, 4.69) is 20.3 Å². The maximum Gasteiger partial charge on any atom is 0.246 e. The minimum Gasteiger partial charge on any atom is -0.381 e. The molecular weight excluding hydrogens is 330 g/mol. The van der Waals surface area contributed by atoms with Crippen LogP contribution in [0.1, 0.15) is 30.1 Å². The SMILES string of the molecule is O=C(NCCc1ccncc1)[C@@H]1CN(C2CCOCC2)Cc2ccnn21. The van der Waals surface area contributed by atoms with Crippen molar-refractivity contribution in [3.8, 4) is 0 Å². The van der Waals surface area contributed by atoms with Crippen LogP contribution in [-0.2, 0) is 22.5 Å². The molecule has 1 fully saturated rings. The summed E-state index contributed by atoms with van der Waals surface area (Å²) in [5.41, 5.74) is 2.28. The molecule has 0 unspecified atom stereocenters. The summed E-state index contributed by atoms with van der Waals surface area (Å²) in [5.74, 6) is 0.0424. The Bertz CT molecular complexity index is 727. The summed E-state index contributed by atoms with van der Waals surface area (Å²) >= 11 is 0. The summed E-state index contributed by atoms with van der Waals surface area (Å²) in [4.78, 5) is 19.3. The van der Waals surface area contributed by atoms with E-state index < -0.39 is 0 Å². The molecule has 2 aliphatic heterocycles. The van der Waals surface area contributed by atoms with Crippen LogP contribution in [0.4, 0.5) is 0 Å². The summed E-state index contributed by atoms with van der Waals surface area (Å²) in [6, 6.07) is 6.19. The number of fused-ring (bicyclic) bond motifs is 1. The lowest BCUT2D eigenvalue weighted by atomic mass is 10.0. The van der Waals surface area contributed by atoms with Crippen molar-refractivity contribution in [2.45, 2.75) is 37.9 Å². The quantitative estimate of drug-likeness (QED) is 0.872. The van der Waals surface area contributed by atoms with Gasteiger partial charge < -0.3 is 10.1 Å². The van der Waals surface area contributed by atoms with E-state index in [0.717, 1.165) is 44.7 Å². The second-order valence-electron chi connectivity index (χ2n) is 6.95. The normalized spacial score (nSPS) is 21.3. The third-order valence-electron chi connectivity index (χ3n) is 5.29. The molecule has 0 aliphatic carbocycles. The highest BCUT2D eigenvalue weighted by molar-refractivity contribution is 5.80. The predicted octanol–water partition coefficient (Wildman–Crippen LogP) is 1.17. The Morgan fingerprint density at radius 1 is 1.19 bits per heavy atom. The minimum absolute atomic E-state index is 0.0424. The van der Waals surface area contributed by atoms with Crippen molar-refractivity contribution in [2.75, 3.05) is 26.3 Å². The molecule has 26 heavy (non-hydrogen) atoms. The molecule has 2 aromatic heterocycles. The van der Waals surface area contributed by atoms with Crippen LogP contribution < -0.4 is 5.32 Å². The van der Waals surface area contributed by atoms with Gasteiger partial charge in [0, 0.05) is 57.5 Å². The number of hydrogen-bond donors (Lipinski definition) is 1. The van der Waals surface area contributed by atoms with E-state index in [1.54, 1.807) is 18.6 Å². The molecule has 7 nitrogen and oxygen atoms in total. The van der Waals surface area contributed by atoms with Gasteiger partial charge in [-0.1, -0.05) is 0 Å². The van der Waals surface area contributed by atoms with Gasteiger partial charge in [0.25, 0.3) is 0 Å². The third-order valence-corrected chi connectivity index (χ3v) is 5.29. The molecule has 2 aromatic rings. The molecule has 138 valence electrons. The fourth-order valence-corrected chi connectivity index (χ4v) is 3.84. The van der Waals surface area contributed by atoms with Crippen molar-refractivity contribution in [1.82, 2.24) is 25.0 Å². The summed E-state index contributed by atoms with van der Waals surface area (Å²) in [6.07, 6.45) is 8.21. The van der Waals surface area contributed by atoms with Crippen molar-refractivity contribution in [1.29, 1.82) is 0 Å². The van der Waals surface area contributed by atoms with Crippen LogP contribution in [-0.4, -0.2) is 57.9 Å². The standard InChI is InChI=1S/C19H25N5O2/c25-19(21-9-3-15-1-7-20-8-2-15)18-14-23(16-5-11-26-12-6-16)13-17-4-10-22-24(17)18/h1-2,4,7-8,10,16,18H,3,5-6,9,11-14H2,(H,21,25)/t18-/m0/s1. The van der Waals surface area contributed by atoms with Crippen LogP contribution in [0, 0.1) is 0 Å². The van der Waals surface area contributed by atoms with Crippen molar-refractivity contribution in [3.63, 3.8) is 0 Å². The van der Waals surface area contributed by atoms with Gasteiger partial charge in [-0.15, -0.1) is 0 Å². The number of amides is 1. The number of hydrogen-bond acceptors (Lipinski definition) is 5. The van der Waals surface area contributed by atoms with Crippen LogP contribution in [0.25, 0.3) is 0 Å². The summed E-state index contributed by atoms with van der Waals surface area (Å²) < 4.78 is 7.37. The van der Waals surface area contributed by atoms with Gasteiger partial charge in [-0.3, -0.25) is 19.4 Å². The predicted molar refractivity (Wildman–Crippen MR) is 96.5 cm³/mol. The molecule has 1 saturated heterocycles. The van der Waals surface area contributed by atoms with Gasteiger partial charge in [0.2, 0.25) is 5.91 Å². The van der Waals surface area contributed by atoms with Gasteiger partial charge in [-0.2, -0.15) is 5.10 Å². The molecule has 0 aromatic carbocycles. The largest absolute Gasteiger partial charge is 0.381 e. The number of nitrogens with zero attached hydrogens (tertiary/aromatic N) is 4. The van der Waals surface area contributed by atoms with E-state index in [0.29, 0.717) is 19.1 Å². The third kappa shape index (κ3) is 3.78. The molecule has 1 atom stereocenters. The topological polar surface area (TPSA) is 72.3 Å². The first kappa shape index (κ1) is 17.2. The average molecular weight is 355 g/mol. The van der Waals surface area contributed by atoms with Crippen LogP contribution in [0.3, 0.4) is 0 Å². The van der Waals surface area contributed by atoms with E-state index in [-0.39, 0.29) is 11.9 Å². The van der Waals surface area contributed by atoms with E-state index >= 15 is 0 Å². The van der Waals surface area contributed by atoms with Crippen LogP contribution in [0.5, 0.6) is 0 Å². The second-order valence-corrected chi connectivity index (χ2v) is 6.95. The van der Waals surface area contributed by atoms with Crippen molar-refractivity contribution in [2.24, 2.45) is 0 Å². The molecule has 0 spiro atoms. The van der Waals surface area contributed by atoms with Gasteiger partial charge >= 0.3 is 0 Å². The number of ether oxygens (including phenoxy) is 1. The maximum atomic E-state index is 12.8. The van der Waals surface area contributed by atoms with Gasteiger partial charge in [-0.05, 0) is 43.0 Å². The van der Waals surface area contributed by atoms with Crippen molar-refractivity contribution in [3.05, 3.63) is 48.0 Å². The molecule has 2 aliphatic rings. The monoisotopic (exact) mass is 355 g/mol. The van der Waals surface area contributed by atoms with Crippen LogP contribution in [0.15, 0.2) is 36.8 Å². The van der Waals surface area contributed by atoms with Crippen molar-refractivity contribution >= 4 is 5.91 Å². The first-order chi connectivity index (χ1) is 12.8. The smallest absolute Gasteiger partial charge is 0.246 e. The number of carbonyl (C=O) groups is 1. The summed E-state index contributed by atoms with van der Waals surface area (Å²) in [6.45, 7) is 3.80. The zero-order valence-electron chi connectivity index (χ0n) is 14.9. The highest BCUT2D eigenvalue weighted by Gasteiger charge is 2.34. The first-order valence-electron chi connectivity index (χ1n) is 9.32. The summed E-state index contributed by atoms with van der Waals surface area (Å²) in [7, 11) is 0. The molecule has 1 N–H and O–H groups in total. The van der Waals surface area contributed by atoms with Gasteiger partial charge in [-0.25, -0.2) is 0 Å². The average Bonchev–Trinajstić information content (AvgIpc) is 3.17. The summed E-state index contributed by atoms with van der Waals surface area (Å²) in [5, 5.41) is 7.48. The number of aromatic nitrogens is 3. The van der Waals surface area contributed by atoms with Gasteiger partial charge in [0.15, 0.2) is 0 Å². The molecule has 0 bridgehead atoms. The Balaban J connectivity index is 1.40. The van der Waals surface area contributed by atoms with Crippen molar-refractivity contribution < 1.29 is 9.53 Å². The lowest BCUT2D eigenvalue weighted by Crippen LogP contribution is -2.49. The fraction of sp³-hybridized carbons (Fsp3) is 0.526. The minimum atomic E-state index is -0.269. The molecule has 4 heterocycles. The number of pyridine rings is 1. The highest BCUT2D eigenvalue weighted by Crippen LogP contribution is 2.25. The zero-order valence-corrected chi connectivity index (χ0v) is 14.9. The molecule has 0 saturated carbocycles. The Kier molecular flexibility index (Phi) is 5.26. The Morgan fingerprint density at radius 3 is 2.81 bits per heavy atom. The Morgan fingerprint density at radius 2 is 2.00 bits per heavy atom. The van der Waals surface area contributed by atoms with E-state index in [4.69, 9.17) is 4.74 Å². The zero-order chi connectivity index (χ0) is 17.8. The number of rotatable bonds is 5. The lowest BCUT2D eigenvalue weighted by Gasteiger charge is -2.39. The maximum absolute atomic E-state index is 12.8. The number of carbonyl (C=O) groups excluding carboxylic acids is 1. The molecule has 4 rings (SSSR count). The second kappa shape index (κ2) is 7.97. The first-order valence-corrected chi connectivity index (χ1v) is 9.32. The highest BCUT2D eigenvalue weighted by atomic mass is 16.5. The number of nitrogens with one attached hydrogen (secondary N) is 1. The molecule has 0 radical (unpaired) electrons. The molecule has 7 heteroatoms. The van der Waals surface area contributed by atoms with Crippen LogP contribution >= 0.6 is 0 Å². The van der Waals surface area contributed by atoms with Crippen LogP contribution in [0.2, 0.25) is 0 Å². The van der Waals surface area contributed by atoms with Gasteiger partial charge in [0.05, 0.1) is 5.69 Å². The van der Waals surface area contributed by atoms with E-state index in [1.807, 2.05) is 22.9 Å².